The lowest BCUT2D eigenvalue weighted by Gasteiger charge is -2.37. The zero-order chi connectivity index (χ0) is 21.8. The second-order valence-electron chi connectivity index (χ2n) is 8.56. The van der Waals surface area contributed by atoms with Crippen LogP contribution in [0, 0.1) is 11.8 Å². The second kappa shape index (κ2) is 9.09. The van der Waals surface area contributed by atoms with E-state index in [1.54, 1.807) is 12.1 Å². The molecular weight excluding hydrogens is 382 g/mol. The van der Waals surface area contributed by atoms with Crippen LogP contribution in [0.1, 0.15) is 70.2 Å². The van der Waals surface area contributed by atoms with Gasteiger partial charge in [-0.1, -0.05) is 33.1 Å². The van der Waals surface area contributed by atoms with E-state index in [0.29, 0.717) is 11.7 Å². The summed E-state index contributed by atoms with van der Waals surface area (Å²) in [4.78, 5) is 23.1. The van der Waals surface area contributed by atoms with Gasteiger partial charge in [-0.3, -0.25) is 0 Å². The van der Waals surface area contributed by atoms with Crippen LogP contribution >= 0.6 is 0 Å². The lowest BCUT2D eigenvalue weighted by Crippen LogP contribution is -2.47. The van der Waals surface area contributed by atoms with Gasteiger partial charge in [-0.2, -0.15) is 8.78 Å². The fourth-order valence-corrected chi connectivity index (χ4v) is 3.78. The maximum Gasteiger partial charge on any atom is 0.378 e. The Bertz CT molecular complexity index is 706. The summed E-state index contributed by atoms with van der Waals surface area (Å²) in [6.45, 7) is 6.84. The Labute approximate surface area is 170 Å². The first kappa shape index (κ1) is 23.1. The Morgan fingerprint density at radius 2 is 1.62 bits per heavy atom. The van der Waals surface area contributed by atoms with Gasteiger partial charge in [-0.05, 0) is 62.8 Å². The summed E-state index contributed by atoms with van der Waals surface area (Å²) in [5.74, 6) is -7.33. The maximum atomic E-state index is 13.9. The molecule has 2 rings (SSSR count). The number of halogens is 2. The van der Waals surface area contributed by atoms with Crippen LogP contribution < -0.4 is 4.74 Å². The lowest BCUT2D eigenvalue weighted by molar-refractivity contribution is -0.187. The van der Waals surface area contributed by atoms with Gasteiger partial charge in [0.25, 0.3) is 0 Å². The molecule has 1 aliphatic carbocycles. The minimum absolute atomic E-state index is 0.0552. The smallest absolute Gasteiger partial charge is 0.378 e. The largest absolute Gasteiger partial charge is 0.488 e. The highest BCUT2D eigenvalue weighted by atomic mass is 19.3. The number of carboxylic acids is 1. The van der Waals surface area contributed by atoms with E-state index >= 15 is 0 Å². The van der Waals surface area contributed by atoms with Crippen LogP contribution in [-0.4, -0.2) is 34.7 Å². The normalized spacial score (nSPS) is 17.1. The molecule has 1 aromatic rings. The van der Waals surface area contributed by atoms with E-state index < -0.39 is 29.9 Å². The summed E-state index contributed by atoms with van der Waals surface area (Å²) < 4.78 is 38.7. The summed E-state index contributed by atoms with van der Waals surface area (Å²) >= 11 is 0. The molecule has 1 aromatic carbocycles. The number of alkyl halides is 2. The molecule has 0 spiro atoms. The number of aliphatic carboxylic acids is 1. The first-order valence-corrected chi connectivity index (χ1v) is 10.1. The van der Waals surface area contributed by atoms with Gasteiger partial charge in [0.05, 0.1) is 5.56 Å². The number of carbonyl (C=O) groups is 2. The molecule has 0 bridgehead atoms. The first-order valence-electron chi connectivity index (χ1n) is 10.1. The van der Waals surface area contributed by atoms with Gasteiger partial charge in [0.2, 0.25) is 0 Å². The Balaban J connectivity index is 2.06. The van der Waals surface area contributed by atoms with Gasteiger partial charge in [-0.25, -0.2) is 9.59 Å². The van der Waals surface area contributed by atoms with Crippen molar-refractivity contribution in [3.63, 3.8) is 0 Å². The fourth-order valence-electron chi connectivity index (χ4n) is 3.78. The molecule has 0 saturated heterocycles. The van der Waals surface area contributed by atoms with Crippen molar-refractivity contribution in [1.82, 2.24) is 0 Å². The van der Waals surface area contributed by atoms with E-state index in [0.717, 1.165) is 12.8 Å². The minimum atomic E-state index is -4.17. The molecule has 1 atom stereocenters. The number of carboxylic acid groups (broad SMARTS) is 1. The van der Waals surface area contributed by atoms with E-state index in [2.05, 4.69) is 0 Å². The third-order valence-corrected chi connectivity index (χ3v) is 5.54. The minimum Gasteiger partial charge on any atom is -0.488 e. The van der Waals surface area contributed by atoms with E-state index in [4.69, 9.17) is 14.6 Å². The summed E-state index contributed by atoms with van der Waals surface area (Å²) in [6, 6.07) is 6.07. The Morgan fingerprint density at radius 1 is 1.07 bits per heavy atom. The highest BCUT2D eigenvalue weighted by molar-refractivity contribution is 5.90. The van der Waals surface area contributed by atoms with Crippen LogP contribution in [0.25, 0.3) is 0 Å². The number of carbonyl (C=O) groups excluding carboxylic acids is 1. The number of benzene rings is 1. The quantitative estimate of drug-likeness (QED) is 0.585. The number of ether oxygens (including phenoxy) is 2. The molecule has 5 nitrogen and oxygen atoms in total. The van der Waals surface area contributed by atoms with E-state index in [1.807, 2.05) is 13.8 Å². The molecule has 0 heterocycles. The molecular formula is C22H30F2O5. The van der Waals surface area contributed by atoms with Crippen LogP contribution in [0.3, 0.4) is 0 Å². The van der Waals surface area contributed by atoms with Gasteiger partial charge in [0, 0.05) is 0 Å². The first-order chi connectivity index (χ1) is 13.4. The molecule has 1 unspecified atom stereocenters. The van der Waals surface area contributed by atoms with Crippen molar-refractivity contribution in [2.24, 2.45) is 11.8 Å². The van der Waals surface area contributed by atoms with Crippen molar-refractivity contribution in [2.45, 2.75) is 77.4 Å². The van der Waals surface area contributed by atoms with Crippen molar-refractivity contribution in [2.75, 3.05) is 0 Å². The van der Waals surface area contributed by atoms with Crippen LogP contribution in [-0.2, 0) is 9.53 Å². The number of hydrogen-bond donors (Lipinski definition) is 1. The SMILES string of the molecule is CC(C)C(OC(=O)c1ccc(OC(C)(C)C2CCCCC2)cc1)C(F)(F)C(=O)O. The third-order valence-electron chi connectivity index (χ3n) is 5.54. The zero-order valence-corrected chi connectivity index (χ0v) is 17.4. The molecule has 1 aliphatic rings. The lowest BCUT2D eigenvalue weighted by atomic mass is 9.79. The van der Waals surface area contributed by atoms with Crippen LogP contribution in [0.2, 0.25) is 0 Å². The molecule has 162 valence electrons. The molecule has 0 aromatic heterocycles. The predicted octanol–water partition coefficient (Wildman–Crippen LogP) is 5.33. The molecule has 0 amide bonds. The molecule has 7 heteroatoms. The predicted molar refractivity (Wildman–Crippen MR) is 104 cm³/mol. The Morgan fingerprint density at radius 3 is 2.10 bits per heavy atom. The third kappa shape index (κ3) is 5.67. The Kier molecular flexibility index (Phi) is 7.25. The van der Waals surface area contributed by atoms with E-state index in [1.165, 1.54) is 45.2 Å². The fraction of sp³-hybridized carbons (Fsp3) is 0.636. The van der Waals surface area contributed by atoms with Crippen molar-refractivity contribution >= 4 is 11.9 Å². The summed E-state index contributed by atoms with van der Waals surface area (Å²) in [5, 5.41) is 8.74. The number of esters is 1. The monoisotopic (exact) mass is 412 g/mol. The standard InChI is InChI=1S/C22H30F2O5/c1-14(2)18(22(23,24)20(26)27)28-19(25)15-10-12-17(13-11-15)29-21(3,4)16-8-6-5-7-9-16/h10-14,16,18H,5-9H2,1-4H3,(H,26,27). The highest BCUT2D eigenvalue weighted by Gasteiger charge is 2.51. The van der Waals surface area contributed by atoms with Crippen molar-refractivity contribution < 1.29 is 33.0 Å². The zero-order valence-electron chi connectivity index (χ0n) is 17.4. The van der Waals surface area contributed by atoms with Gasteiger partial charge in [-0.15, -0.1) is 0 Å². The average Bonchev–Trinajstić information content (AvgIpc) is 2.66. The topological polar surface area (TPSA) is 72.8 Å². The molecule has 0 aliphatic heterocycles. The summed E-state index contributed by atoms with van der Waals surface area (Å²) in [6.07, 6.45) is 3.81. The number of hydrogen-bond acceptors (Lipinski definition) is 4. The molecule has 1 N–H and O–H groups in total. The average molecular weight is 412 g/mol. The molecule has 29 heavy (non-hydrogen) atoms. The van der Waals surface area contributed by atoms with Gasteiger partial charge in [0.1, 0.15) is 11.4 Å². The second-order valence-corrected chi connectivity index (χ2v) is 8.56. The van der Waals surface area contributed by atoms with Crippen molar-refractivity contribution in [3.05, 3.63) is 29.8 Å². The van der Waals surface area contributed by atoms with Crippen molar-refractivity contribution in [1.29, 1.82) is 0 Å². The van der Waals surface area contributed by atoms with Gasteiger partial charge < -0.3 is 14.6 Å². The molecule has 1 saturated carbocycles. The van der Waals surface area contributed by atoms with Gasteiger partial charge >= 0.3 is 17.9 Å². The van der Waals surface area contributed by atoms with Crippen LogP contribution in [0.5, 0.6) is 5.75 Å². The van der Waals surface area contributed by atoms with Crippen LogP contribution in [0.4, 0.5) is 8.78 Å². The van der Waals surface area contributed by atoms with E-state index in [-0.39, 0.29) is 11.2 Å². The maximum absolute atomic E-state index is 13.9. The van der Waals surface area contributed by atoms with Gasteiger partial charge in [0.15, 0.2) is 6.10 Å². The molecule has 1 fully saturated rings. The highest BCUT2D eigenvalue weighted by Crippen LogP contribution is 2.35. The van der Waals surface area contributed by atoms with Crippen LogP contribution in [0.15, 0.2) is 24.3 Å². The van der Waals surface area contributed by atoms with Crippen molar-refractivity contribution in [3.8, 4) is 5.75 Å². The van der Waals surface area contributed by atoms with E-state index in [9.17, 15) is 18.4 Å². The number of rotatable bonds is 8. The summed E-state index contributed by atoms with van der Waals surface area (Å²) in [5.41, 5.74) is -0.297. The molecule has 0 radical (unpaired) electrons. The summed E-state index contributed by atoms with van der Waals surface area (Å²) in [7, 11) is 0. The Hall–Kier alpha value is -2.18.